The first-order valence-electron chi connectivity index (χ1n) is 8.62. The van der Waals surface area contributed by atoms with Crippen LogP contribution in [0.2, 0.25) is 5.02 Å². The van der Waals surface area contributed by atoms with E-state index in [0.29, 0.717) is 0 Å². The molecule has 2 heterocycles. The first kappa shape index (κ1) is 16.1. The van der Waals surface area contributed by atoms with E-state index in [0.717, 1.165) is 52.9 Å². The van der Waals surface area contributed by atoms with E-state index in [4.69, 9.17) is 17.3 Å². The minimum atomic E-state index is 0.719. The van der Waals surface area contributed by atoms with Gasteiger partial charge in [0.05, 0.1) is 11.2 Å². The Labute approximate surface area is 151 Å². The molecule has 4 aromatic rings. The quantitative estimate of drug-likeness (QED) is 0.479. The topological polar surface area (TPSA) is 54.7 Å². The lowest BCUT2D eigenvalue weighted by Gasteiger charge is -2.08. The molecule has 0 aliphatic rings. The Hall–Kier alpha value is -2.36. The van der Waals surface area contributed by atoms with Crippen molar-refractivity contribution in [2.45, 2.75) is 19.3 Å². The zero-order valence-corrected chi connectivity index (χ0v) is 14.7. The number of nitrogens with two attached hydrogens (primary N) is 1. The first-order valence-corrected chi connectivity index (χ1v) is 9.00. The molecule has 0 aliphatic heterocycles. The second-order valence-electron chi connectivity index (χ2n) is 6.29. The number of nitrogens with zero attached hydrogens (tertiary/aromatic N) is 1. The van der Waals surface area contributed by atoms with Gasteiger partial charge >= 0.3 is 0 Å². The molecule has 0 saturated carbocycles. The normalized spacial score (nSPS) is 11.4. The second-order valence-corrected chi connectivity index (χ2v) is 6.73. The van der Waals surface area contributed by atoms with E-state index in [1.807, 2.05) is 24.4 Å². The number of H-pyrrole nitrogens is 1. The van der Waals surface area contributed by atoms with Gasteiger partial charge in [0, 0.05) is 33.1 Å². The van der Waals surface area contributed by atoms with Crippen molar-refractivity contribution in [3.63, 3.8) is 0 Å². The summed E-state index contributed by atoms with van der Waals surface area (Å²) in [7, 11) is 0. The summed E-state index contributed by atoms with van der Waals surface area (Å²) in [5.74, 6) is 0. The summed E-state index contributed by atoms with van der Waals surface area (Å²) < 4.78 is 0. The molecule has 25 heavy (non-hydrogen) atoms. The van der Waals surface area contributed by atoms with Gasteiger partial charge in [-0.2, -0.15) is 0 Å². The molecule has 0 radical (unpaired) electrons. The summed E-state index contributed by atoms with van der Waals surface area (Å²) in [4.78, 5) is 8.10. The highest BCUT2D eigenvalue weighted by atomic mass is 35.5. The minimum Gasteiger partial charge on any atom is -0.354 e. The molecule has 0 fully saturated rings. The van der Waals surface area contributed by atoms with Crippen LogP contribution < -0.4 is 5.73 Å². The predicted molar refractivity (Wildman–Crippen MR) is 106 cm³/mol. The lowest BCUT2D eigenvalue weighted by Crippen LogP contribution is -1.99. The Morgan fingerprint density at radius 3 is 2.80 bits per heavy atom. The lowest BCUT2D eigenvalue weighted by molar-refractivity contribution is 0.748. The summed E-state index contributed by atoms with van der Waals surface area (Å²) in [5, 5.41) is 3.11. The van der Waals surface area contributed by atoms with Crippen LogP contribution in [0.4, 0.5) is 0 Å². The zero-order valence-electron chi connectivity index (χ0n) is 13.9. The van der Waals surface area contributed by atoms with Crippen molar-refractivity contribution in [1.29, 1.82) is 0 Å². The molecule has 2 aromatic heterocycles. The molecule has 0 atom stereocenters. The van der Waals surface area contributed by atoms with Crippen LogP contribution in [0.3, 0.4) is 0 Å². The van der Waals surface area contributed by atoms with Crippen LogP contribution in [-0.4, -0.2) is 16.5 Å². The minimum absolute atomic E-state index is 0.719. The molecule has 126 valence electrons. The van der Waals surface area contributed by atoms with Gasteiger partial charge in [0.1, 0.15) is 0 Å². The van der Waals surface area contributed by atoms with Crippen molar-refractivity contribution in [1.82, 2.24) is 9.97 Å². The Balaban J connectivity index is 1.94. The van der Waals surface area contributed by atoms with Crippen LogP contribution in [0, 0.1) is 0 Å². The molecule has 4 heteroatoms. The van der Waals surface area contributed by atoms with Crippen LogP contribution in [-0.2, 0) is 6.42 Å². The van der Waals surface area contributed by atoms with Gasteiger partial charge in [-0.05, 0) is 61.7 Å². The van der Waals surface area contributed by atoms with E-state index >= 15 is 0 Å². The molecule has 0 amide bonds. The maximum Gasteiger partial charge on any atom is 0.0708 e. The molecule has 0 saturated heterocycles. The number of aromatic amines is 1. The van der Waals surface area contributed by atoms with E-state index in [9.17, 15) is 0 Å². The summed E-state index contributed by atoms with van der Waals surface area (Å²) >= 11 is 6.26. The number of aromatic nitrogens is 2. The Morgan fingerprint density at radius 2 is 1.92 bits per heavy atom. The summed E-state index contributed by atoms with van der Waals surface area (Å²) in [6.07, 6.45) is 4.89. The molecular weight excluding hydrogens is 330 g/mol. The van der Waals surface area contributed by atoms with E-state index in [1.165, 1.54) is 16.5 Å². The van der Waals surface area contributed by atoms with E-state index in [-0.39, 0.29) is 0 Å². The fraction of sp³-hybridized carbons (Fsp3) is 0.190. The standard InChI is InChI=1S/C21H20ClN3/c22-14-9-10-20-18(13-14)17(5-1-2-11-23)21(25-20)16-6-3-8-19-15(16)7-4-12-24-19/h3-4,6-10,12-13,25H,1-2,5,11,23H2. The molecule has 2 aromatic carbocycles. The predicted octanol–water partition coefficient (Wildman–Crippen LogP) is 5.32. The molecule has 0 aliphatic carbocycles. The monoisotopic (exact) mass is 349 g/mol. The van der Waals surface area contributed by atoms with Gasteiger partial charge in [-0.15, -0.1) is 0 Å². The van der Waals surface area contributed by atoms with Crippen molar-refractivity contribution < 1.29 is 0 Å². The van der Waals surface area contributed by atoms with Gasteiger partial charge in [0.2, 0.25) is 0 Å². The highest BCUT2D eigenvalue weighted by Gasteiger charge is 2.15. The van der Waals surface area contributed by atoms with Crippen LogP contribution in [0.5, 0.6) is 0 Å². The number of benzene rings is 2. The Morgan fingerprint density at radius 1 is 1.00 bits per heavy atom. The fourth-order valence-electron chi connectivity index (χ4n) is 3.48. The average Bonchev–Trinajstić information content (AvgIpc) is 2.99. The number of pyridine rings is 1. The lowest BCUT2D eigenvalue weighted by atomic mass is 9.98. The number of unbranched alkanes of at least 4 members (excludes halogenated alkanes) is 1. The van der Waals surface area contributed by atoms with Crippen molar-refractivity contribution in [2.75, 3.05) is 6.54 Å². The molecule has 3 N–H and O–H groups in total. The third-order valence-corrected chi connectivity index (χ3v) is 4.90. The molecule has 0 bridgehead atoms. The summed E-state index contributed by atoms with van der Waals surface area (Å²) in [6.45, 7) is 0.719. The van der Waals surface area contributed by atoms with Crippen molar-refractivity contribution in [2.24, 2.45) is 5.73 Å². The van der Waals surface area contributed by atoms with Crippen molar-refractivity contribution in [3.05, 3.63) is 65.3 Å². The summed E-state index contributed by atoms with van der Waals surface area (Å²) in [5.41, 5.74) is 11.5. The van der Waals surface area contributed by atoms with Gasteiger partial charge in [-0.1, -0.05) is 29.8 Å². The fourth-order valence-corrected chi connectivity index (χ4v) is 3.65. The number of halogens is 1. The second kappa shape index (κ2) is 6.87. The smallest absolute Gasteiger partial charge is 0.0708 e. The molecule has 3 nitrogen and oxygen atoms in total. The SMILES string of the molecule is NCCCCc1c(-c2cccc3ncccc23)[nH]c2ccc(Cl)cc12. The van der Waals surface area contributed by atoms with E-state index in [1.54, 1.807) is 0 Å². The van der Waals surface area contributed by atoms with E-state index in [2.05, 4.69) is 40.3 Å². The van der Waals surface area contributed by atoms with Gasteiger partial charge < -0.3 is 10.7 Å². The average molecular weight is 350 g/mol. The zero-order chi connectivity index (χ0) is 17.2. The highest BCUT2D eigenvalue weighted by Crippen LogP contribution is 2.36. The van der Waals surface area contributed by atoms with Crippen LogP contribution in [0.1, 0.15) is 18.4 Å². The van der Waals surface area contributed by atoms with Gasteiger partial charge in [-0.25, -0.2) is 0 Å². The molecule has 0 unspecified atom stereocenters. The third-order valence-electron chi connectivity index (χ3n) is 4.66. The molecule has 0 spiro atoms. The van der Waals surface area contributed by atoms with Crippen LogP contribution >= 0.6 is 11.6 Å². The number of rotatable bonds is 5. The maximum atomic E-state index is 6.26. The number of hydrogen-bond acceptors (Lipinski definition) is 2. The molecular formula is C21H20ClN3. The highest BCUT2D eigenvalue weighted by molar-refractivity contribution is 6.31. The number of aryl methyl sites for hydroxylation is 1. The largest absolute Gasteiger partial charge is 0.354 e. The Bertz CT molecular complexity index is 1030. The van der Waals surface area contributed by atoms with Crippen LogP contribution in [0.15, 0.2) is 54.7 Å². The van der Waals surface area contributed by atoms with E-state index < -0.39 is 0 Å². The van der Waals surface area contributed by atoms with Crippen LogP contribution in [0.25, 0.3) is 33.1 Å². The molecule has 4 rings (SSSR count). The Kier molecular flexibility index (Phi) is 4.43. The van der Waals surface area contributed by atoms with Gasteiger partial charge in [-0.3, -0.25) is 4.98 Å². The van der Waals surface area contributed by atoms with Gasteiger partial charge in [0.15, 0.2) is 0 Å². The first-order chi connectivity index (χ1) is 12.3. The number of fused-ring (bicyclic) bond motifs is 2. The third kappa shape index (κ3) is 3.01. The number of nitrogens with one attached hydrogen (secondary N) is 1. The summed E-state index contributed by atoms with van der Waals surface area (Å²) in [6, 6.07) is 16.4. The van der Waals surface area contributed by atoms with Crippen molar-refractivity contribution >= 4 is 33.4 Å². The van der Waals surface area contributed by atoms with Gasteiger partial charge in [0.25, 0.3) is 0 Å². The number of hydrogen-bond donors (Lipinski definition) is 2. The van der Waals surface area contributed by atoms with Crippen molar-refractivity contribution in [3.8, 4) is 11.3 Å². The maximum absolute atomic E-state index is 6.26.